The van der Waals surface area contributed by atoms with Crippen LogP contribution in [0.4, 0.5) is 0 Å². The number of aromatic nitrogens is 4. The highest BCUT2D eigenvalue weighted by Gasteiger charge is 2.36. The summed E-state index contributed by atoms with van der Waals surface area (Å²) in [7, 11) is 0. The minimum Gasteiger partial charge on any atom is -0.338 e. The zero-order valence-electron chi connectivity index (χ0n) is 12.6. The average Bonchev–Trinajstić information content (AvgIpc) is 3.17. The van der Waals surface area contributed by atoms with Crippen LogP contribution in [0, 0.1) is 5.41 Å². The van der Waals surface area contributed by atoms with Gasteiger partial charge in [-0.05, 0) is 47.0 Å². The lowest BCUT2D eigenvalue weighted by atomic mass is 9.90. The molecule has 1 aromatic carbocycles. The number of amides is 1. The molecular weight excluding hydrogens is 339 g/mol. The molecule has 1 amide bonds. The molecule has 2 N–H and O–H groups in total. The van der Waals surface area contributed by atoms with Crippen LogP contribution in [-0.2, 0) is 0 Å². The summed E-state index contributed by atoms with van der Waals surface area (Å²) in [4.78, 5) is 14.7. The van der Waals surface area contributed by atoms with Gasteiger partial charge in [-0.25, -0.2) is 0 Å². The number of nitrogens with zero attached hydrogens (tertiary/aromatic N) is 5. The van der Waals surface area contributed by atoms with Crippen LogP contribution in [0.3, 0.4) is 0 Å². The first-order chi connectivity index (χ1) is 10.5. The van der Waals surface area contributed by atoms with E-state index in [9.17, 15) is 4.79 Å². The van der Waals surface area contributed by atoms with Crippen LogP contribution in [0.2, 0.25) is 5.02 Å². The van der Waals surface area contributed by atoms with E-state index in [0.717, 1.165) is 6.42 Å². The van der Waals surface area contributed by atoms with Crippen molar-refractivity contribution in [2.24, 2.45) is 11.1 Å². The second-order valence-electron chi connectivity index (χ2n) is 5.91. The largest absolute Gasteiger partial charge is 0.338 e. The zero-order chi connectivity index (χ0) is 15.7. The fraction of sp³-hybridized carbons (Fsp3) is 0.429. The normalized spacial score (nSPS) is 20.4. The molecule has 1 unspecified atom stereocenters. The number of hydrogen-bond donors (Lipinski definition) is 1. The standard InChI is InChI=1S/C14H17ClN6O.ClH/c1-14(7-16)4-5-20(8-14)13(22)11-6-10(15)2-3-12(11)21-9-17-18-19-21;/h2-3,6,9H,4-5,7-8,16H2,1H3;1H. The Morgan fingerprint density at radius 2 is 2.26 bits per heavy atom. The lowest BCUT2D eigenvalue weighted by Gasteiger charge is -2.23. The Morgan fingerprint density at radius 3 is 2.87 bits per heavy atom. The van der Waals surface area contributed by atoms with Crippen molar-refractivity contribution in [3.8, 4) is 5.69 Å². The maximum absolute atomic E-state index is 12.9. The maximum atomic E-state index is 12.9. The smallest absolute Gasteiger partial charge is 0.256 e. The molecule has 9 heteroatoms. The van der Waals surface area contributed by atoms with E-state index in [1.165, 1.54) is 11.0 Å². The second kappa shape index (κ2) is 6.82. The van der Waals surface area contributed by atoms with Crippen LogP contribution >= 0.6 is 24.0 Å². The zero-order valence-corrected chi connectivity index (χ0v) is 14.2. The maximum Gasteiger partial charge on any atom is 0.256 e. The lowest BCUT2D eigenvalue weighted by molar-refractivity contribution is 0.0776. The molecule has 0 bridgehead atoms. The molecule has 0 radical (unpaired) electrons. The minimum absolute atomic E-state index is 0. The molecule has 1 aliphatic heterocycles. The summed E-state index contributed by atoms with van der Waals surface area (Å²) in [5, 5.41) is 11.6. The first kappa shape index (κ1) is 17.7. The van der Waals surface area contributed by atoms with Gasteiger partial charge in [-0.15, -0.1) is 17.5 Å². The van der Waals surface area contributed by atoms with E-state index in [4.69, 9.17) is 17.3 Å². The topological polar surface area (TPSA) is 89.9 Å². The van der Waals surface area contributed by atoms with E-state index < -0.39 is 0 Å². The molecule has 3 rings (SSSR count). The van der Waals surface area contributed by atoms with Crippen molar-refractivity contribution in [1.29, 1.82) is 0 Å². The molecule has 1 fully saturated rings. The Morgan fingerprint density at radius 1 is 1.48 bits per heavy atom. The highest BCUT2D eigenvalue weighted by atomic mass is 35.5. The summed E-state index contributed by atoms with van der Waals surface area (Å²) < 4.78 is 1.46. The van der Waals surface area contributed by atoms with Crippen molar-refractivity contribution in [3.63, 3.8) is 0 Å². The Balaban J connectivity index is 0.00000192. The number of hydrogen-bond acceptors (Lipinski definition) is 5. The lowest BCUT2D eigenvalue weighted by Crippen LogP contribution is -2.35. The highest BCUT2D eigenvalue weighted by molar-refractivity contribution is 6.31. The molecular formula is C14H18Cl2N6O. The summed E-state index contributed by atoms with van der Waals surface area (Å²) in [6, 6.07) is 5.10. The van der Waals surface area contributed by atoms with Gasteiger partial charge in [0.1, 0.15) is 6.33 Å². The number of tetrazole rings is 1. The highest BCUT2D eigenvalue weighted by Crippen LogP contribution is 2.30. The average molecular weight is 357 g/mol. The molecule has 1 atom stereocenters. The van der Waals surface area contributed by atoms with Gasteiger partial charge in [-0.1, -0.05) is 18.5 Å². The number of carbonyl (C=O) groups is 1. The number of rotatable bonds is 3. The quantitative estimate of drug-likeness (QED) is 0.900. The number of nitrogens with two attached hydrogens (primary N) is 1. The molecule has 1 saturated heterocycles. The Labute approximate surface area is 145 Å². The van der Waals surface area contributed by atoms with E-state index in [0.29, 0.717) is 35.9 Å². The van der Waals surface area contributed by atoms with Crippen LogP contribution in [0.15, 0.2) is 24.5 Å². The van der Waals surface area contributed by atoms with Crippen molar-refractivity contribution in [3.05, 3.63) is 35.1 Å². The van der Waals surface area contributed by atoms with Crippen molar-refractivity contribution in [1.82, 2.24) is 25.1 Å². The van der Waals surface area contributed by atoms with Gasteiger partial charge in [-0.2, -0.15) is 4.68 Å². The van der Waals surface area contributed by atoms with Gasteiger partial charge in [0.05, 0.1) is 11.3 Å². The van der Waals surface area contributed by atoms with Gasteiger partial charge in [-0.3, -0.25) is 4.79 Å². The molecule has 0 spiro atoms. The molecule has 2 aromatic rings. The van der Waals surface area contributed by atoms with Gasteiger partial charge in [0.15, 0.2) is 0 Å². The van der Waals surface area contributed by atoms with E-state index in [1.807, 2.05) is 4.90 Å². The first-order valence-corrected chi connectivity index (χ1v) is 7.42. The summed E-state index contributed by atoms with van der Waals surface area (Å²) in [6.07, 6.45) is 2.35. The summed E-state index contributed by atoms with van der Waals surface area (Å²) >= 11 is 6.06. The van der Waals surface area contributed by atoms with Gasteiger partial charge in [0.25, 0.3) is 5.91 Å². The number of carbonyl (C=O) groups excluding carboxylic acids is 1. The third kappa shape index (κ3) is 3.46. The van der Waals surface area contributed by atoms with Crippen LogP contribution in [0.5, 0.6) is 0 Å². The van der Waals surface area contributed by atoms with E-state index in [2.05, 4.69) is 22.4 Å². The van der Waals surface area contributed by atoms with Crippen molar-refractivity contribution >= 4 is 29.9 Å². The van der Waals surface area contributed by atoms with E-state index in [1.54, 1.807) is 18.2 Å². The predicted octanol–water partition coefficient (Wildman–Crippen LogP) is 1.55. The molecule has 124 valence electrons. The van der Waals surface area contributed by atoms with Crippen molar-refractivity contribution < 1.29 is 4.79 Å². The molecule has 1 aromatic heterocycles. The summed E-state index contributed by atoms with van der Waals surface area (Å²) in [6.45, 7) is 3.99. The third-order valence-electron chi connectivity index (χ3n) is 4.12. The fourth-order valence-electron chi connectivity index (χ4n) is 2.69. The number of benzene rings is 1. The monoisotopic (exact) mass is 356 g/mol. The summed E-state index contributed by atoms with van der Waals surface area (Å²) in [5.74, 6) is -0.0785. The second-order valence-corrected chi connectivity index (χ2v) is 6.34. The van der Waals surface area contributed by atoms with Crippen LogP contribution in [0.25, 0.3) is 5.69 Å². The van der Waals surface area contributed by atoms with Gasteiger partial charge in [0, 0.05) is 18.1 Å². The van der Waals surface area contributed by atoms with E-state index >= 15 is 0 Å². The molecule has 0 aliphatic carbocycles. The first-order valence-electron chi connectivity index (χ1n) is 7.05. The van der Waals surface area contributed by atoms with E-state index in [-0.39, 0.29) is 23.7 Å². The molecule has 0 saturated carbocycles. The predicted molar refractivity (Wildman–Crippen MR) is 89.1 cm³/mol. The molecule has 23 heavy (non-hydrogen) atoms. The summed E-state index contributed by atoms with van der Waals surface area (Å²) in [5.41, 5.74) is 6.88. The van der Waals surface area contributed by atoms with Crippen LogP contribution in [-0.4, -0.2) is 50.6 Å². The molecule has 1 aliphatic rings. The van der Waals surface area contributed by atoms with Crippen LogP contribution in [0.1, 0.15) is 23.7 Å². The van der Waals surface area contributed by atoms with Gasteiger partial charge in [0.2, 0.25) is 0 Å². The molecule has 2 heterocycles. The Kier molecular flexibility index (Phi) is 5.23. The Hall–Kier alpha value is -1.70. The Bertz CT molecular complexity index is 693. The SMILES string of the molecule is CC1(CN)CCN(C(=O)c2cc(Cl)ccc2-n2cnnn2)C1.Cl. The number of halogens is 2. The minimum atomic E-state index is -0.0785. The van der Waals surface area contributed by atoms with Crippen molar-refractivity contribution in [2.75, 3.05) is 19.6 Å². The van der Waals surface area contributed by atoms with Crippen LogP contribution < -0.4 is 5.73 Å². The third-order valence-corrected chi connectivity index (χ3v) is 4.36. The number of likely N-dealkylation sites (tertiary alicyclic amines) is 1. The van der Waals surface area contributed by atoms with Gasteiger partial charge >= 0.3 is 0 Å². The van der Waals surface area contributed by atoms with Gasteiger partial charge < -0.3 is 10.6 Å². The van der Waals surface area contributed by atoms with Crippen molar-refractivity contribution in [2.45, 2.75) is 13.3 Å². The fourth-order valence-corrected chi connectivity index (χ4v) is 2.86. The molecule has 7 nitrogen and oxygen atoms in total.